The first-order valence-electron chi connectivity index (χ1n) is 7.23. The number of likely N-dealkylation sites (tertiary alicyclic amines) is 1. The van der Waals surface area contributed by atoms with Crippen LogP contribution >= 0.6 is 0 Å². The molecule has 2 aromatic rings. The summed E-state index contributed by atoms with van der Waals surface area (Å²) >= 11 is 0. The highest BCUT2D eigenvalue weighted by Gasteiger charge is 2.26. The number of fused-ring (bicyclic) bond motifs is 1. The van der Waals surface area contributed by atoms with Crippen molar-refractivity contribution < 1.29 is 4.79 Å². The van der Waals surface area contributed by atoms with Gasteiger partial charge in [-0.15, -0.1) is 0 Å². The second-order valence-electron chi connectivity index (χ2n) is 5.68. The van der Waals surface area contributed by atoms with Crippen molar-refractivity contribution in [3.63, 3.8) is 0 Å². The van der Waals surface area contributed by atoms with E-state index in [0.717, 1.165) is 31.6 Å². The van der Waals surface area contributed by atoms with Gasteiger partial charge < -0.3 is 15.2 Å². The summed E-state index contributed by atoms with van der Waals surface area (Å²) < 4.78 is 1.54. The predicted octanol–water partition coefficient (Wildman–Crippen LogP) is 0.548. The molecule has 1 aromatic carbocycles. The molecule has 0 spiro atoms. The Labute approximate surface area is 122 Å². The number of amides is 1. The van der Waals surface area contributed by atoms with Crippen molar-refractivity contribution in [2.75, 3.05) is 26.7 Å². The number of carbonyl (C=O) groups is 1. The first-order chi connectivity index (χ1) is 10.1. The molecule has 1 aromatic heterocycles. The molecule has 1 aliphatic heterocycles. The van der Waals surface area contributed by atoms with Gasteiger partial charge in [-0.1, -0.05) is 0 Å². The van der Waals surface area contributed by atoms with Crippen LogP contribution in [0.5, 0.6) is 0 Å². The van der Waals surface area contributed by atoms with Gasteiger partial charge in [0.1, 0.15) is 0 Å². The second-order valence-corrected chi connectivity index (χ2v) is 5.68. The van der Waals surface area contributed by atoms with Crippen molar-refractivity contribution in [1.29, 1.82) is 0 Å². The van der Waals surface area contributed by atoms with Crippen LogP contribution in [0, 0.1) is 5.92 Å². The highest BCUT2D eigenvalue weighted by molar-refractivity contribution is 5.97. The van der Waals surface area contributed by atoms with Crippen molar-refractivity contribution in [3.8, 4) is 0 Å². The fourth-order valence-electron chi connectivity index (χ4n) is 3.03. The van der Waals surface area contributed by atoms with Gasteiger partial charge in [0.25, 0.3) is 5.91 Å². The van der Waals surface area contributed by atoms with Crippen LogP contribution in [0.25, 0.3) is 11.0 Å². The van der Waals surface area contributed by atoms with Crippen LogP contribution in [-0.2, 0) is 7.05 Å². The molecule has 1 amide bonds. The SMILES string of the molecule is CNCC1CCN(C(=O)c2ccc3c(c2)[nH]c(=O)n3C)C1. The molecule has 1 atom stereocenters. The summed E-state index contributed by atoms with van der Waals surface area (Å²) in [5, 5.41) is 3.16. The second kappa shape index (κ2) is 5.37. The lowest BCUT2D eigenvalue weighted by molar-refractivity contribution is 0.0787. The highest BCUT2D eigenvalue weighted by atomic mass is 16.2. The normalized spacial score (nSPS) is 18.6. The fraction of sp³-hybridized carbons (Fsp3) is 0.467. The quantitative estimate of drug-likeness (QED) is 0.866. The molecule has 0 bridgehead atoms. The zero-order valence-electron chi connectivity index (χ0n) is 12.3. The first kappa shape index (κ1) is 13.9. The third-order valence-corrected chi connectivity index (χ3v) is 4.22. The standard InChI is InChI=1S/C15H20N4O2/c1-16-8-10-5-6-19(9-10)14(20)11-3-4-13-12(7-11)17-15(21)18(13)2/h3-4,7,10,16H,5-6,8-9H2,1-2H3,(H,17,21). The minimum Gasteiger partial charge on any atom is -0.338 e. The zero-order chi connectivity index (χ0) is 15.0. The lowest BCUT2D eigenvalue weighted by Crippen LogP contribution is -2.30. The molecule has 1 saturated heterocycles. The van der Waals surface area contributed by atoms with Crippen LogP contribution in [0.2, 0.25) is 0 Å². The minimum absolute atomic E-state index is 0.0419. The number of rotatable bonds is 3. The van der Waals surface area contributed by atoms with E-state index in [1.807, 2.05) is 18.0 Å². The van der Waals surface area contributed by atoms with Crippen LogP contribution in [-0.4, -0.2) is 47.0 Å². The lowest BCUT2D eigenvalue weighted by atomic mass is 10.1. The van der Waals surface area contributed by atoms with E-state index in [4.69, 9.17) is 0 Å². The Kier molecular flexibility index (Phi) is 3.55. The fourth-order valence-corrected chi connectivity index (χ4v) is 3.03. The predicted molar refractivity (Wildman–Crippen MR) is 81.5 cm³/mol. The smallest absolute Gasteiger partial charge is 0.326 e. The number of hydrogen-bond acceptors (Lipinski definition) is 3. The van der Waals surface area contributed by atoms with Gasteiger partial charge in [-0.25, -0.2) is 4.79 Å². The Morgan fingerprint density at radius 1 is 1.48 bits per heavy atom. The Balaban J connectivity index is 1.84. The highest BCUT2D eigenvalue weighted by Crippen LogP contribution is 2.20. The largest absolute Gasteiger partial charge is 0.338 e. The summed E-state index contributed by atoms with van der Waals surface area (Å²) in [6.07, 6.45) is 1.04. The van der Waals surface area contributed by atoms with Crippen molar-refractivity contribution >= 4 is 16.9 Å². The summed E-state index contributed by atoms with van der Waals surface area (Å²) in [6, 6.07) is 5.38. The van der Waals surface area contributed by atoms with Crippen LogP contribution in [0.1, 0.15) is 16.8 Å². The third-order valence-electron chi connectivity index (χ3n) is 4.22. The topological polar surface area (TPSA) is 70.1 Å². The van der Waals surface area contributed by atoms with Gasteiger partial charge >= 0.3 is 5.69 Å². The monoisotopic (exact) mass is 288 g/mol. The minimum atomic E-state index is -0.162. The maximum absolute atomic E-state index is 12.5. The molecule has 1 unspecified atom stereocenters. The van der Waals surface area contributed by atoms with Crippen molar-refractivity contribution in [2.24, 2.45) is 13.0 Å². The number of aryl methyl sites for hydroxylation is 1. The molecule has 6 heteroatoms. The van der Waals surface area contributed by atoms with Gasteiger partial charge in [0, 0.05) is 25.7 Å². The number of carbonyl (C=O) groups excluding carboxylic acids is 1. The van der Waals surface area contributed by atoms with Gasteiger partial charge in [-0.3, -0.25) is 9.36 Å². The Morgan fingerprint density at radius 2 is 2.29 bits per heavy atom. The molecule has 0 saturated carbocycles. The number of nitrogens with zero attached hydrogens (tertiary/aromatic N) is 2. The average Bonchev–Trinajstić information content (AvgIpc) is 3.04. The van der Waals surface area contributed by atoms with E-state index in [1.165, 1.54) is 0 Å². The van der Waals surface area contributed by atoms with E-state index in [2.05, 4.69) is 10.3 Å². The molecule has 0 aliphatic carbocycles. The number of aromatic amines is 1. The number of nitrogens with one attached hydrogen (secondary N) is 2. The molecule has 2 N–H and O–H groups in total. The summed E-state index contributed by atoms with van der Waals surface area (Å²) in [5.74, 6) is 0.569. The molecule has 1 aliphatic rings. The van der Waals surface area contributed by atoms with E-state index in [1.54, 1.807) is 23.7 Å². The maximum Gasteiger partial charge on any atom is 0.326 e. The van der Waals surface area contributed by atoms with E-state index in [9.17, 15) is 9.59 Å². The van der Waals surface area contributed by atoms with Crippen LogP contribution in [0.3, 0.4) is 0 Å². The number of benzene rings is 1. The van der Waals surface area contributed by atoms with Gasteiger partial charge in [0.2, 0.25) is 0 Å². The Bertz CT molecular complexity index is 731. The van der Waals surface area contributed by atoms with E-state index >= 15 is 0 Å². The van der Waals surface area contributed by atoms with E-state index < -0.39 is 0 Å². The first-order valence-corrected chi connectivity index (χ1v) is 7.23. The van der Waals surface area contributed by atoms with E-state index in [-0.39, 0.29) is 11.6 Å². The van der Waals surface area contributed by atoms with Crippen molar-refractivity contribution in [3.05, 3.63) is 34.2 Å². The average molecular weight is 288 g/mol. The maximum atomic E-state index is 12.5. The molecular weight excluding hydrogens is 268 g/mol. The Hall–Kier alpha value is -2.08. The van der Waals surface area contributed by atoms with Crippen LogP contribution in [0.15, 0.2) is 23.0 Å². The molecule has 3 rings (SSSR count). The van der Waals surface area contributed by atoms with Crippen molar-refractivity contribution in [1.82, 2.24) is 19.8 Å². The number of aromatic nitrogens is 2. The molecule has 1 fully saturated rings. The van der Waals surface area contributed by atoms with Crippen molar-refractivity contribution in [2.45, 2.75) is 6.42 Å². The molecule has 6 nitrogen and oxygen atoms in total. The number of H-pyrrole nitrogens is 1. The third kappa shape index (κ3) is 2.47. The zero-order valence-corrected chi connectivity index (χ0v) is 12.3. The van der Waals surface area contributed by atoms with Crippen LogP contribution in [0.4, 0.5) is 0 Å². The van der Waals surface area contributed by atoms with Crippen LogP contribution < -0.4 is 11.0 Å². The van der Waals surface area contributed by atoms with Gasteiger partial charge in [-0.2, -0.15) is 0 Å². The number of hydrogen-bond donors (Lipinski definition) is 2. The Morgan fingerprint density at radius 3 is 3.05 bits per heavy atom. The number of imidazole rings is 1. The summed E-state index contributed by atoms with van der Waals surface area (Å²) in [7, 11) is 3.65. The molecular formula is C15H20N4O2. The lowest BCUT2D eigenvalue weighted by Gasteiger charge is -2.16. The molecule has 0 radical (unpaired) electrons. The summed E-state index contributed by atoms with van der Waals surface area (Å²) in [6.45, 7) is 2.53. The molecule has 112 valence electrons. The molecule has 21 heavy (non-hydrogen) atoms. The van der Waals surface area contributed by atoms with Gasteiger partial charge in [-0.05, 0) is 44.1 Å². The van der Waals surface area contributed by atoms with E-state index in [0.29, 0.717) is 17.0 Å². The van der Waals surface area contributed by atoms with Gasteiger partial charge in [0.15, 0.2) is 0 Å². The molecule has 2 heterocycles. The summed E-state index contributed by atoms with van der Waals surface area (Å²) in [4.78, 5) is 28.8. The van der Waals surface area contributed by atoms with Gasteiger partial charge in [0.05, 0.1) is 11.0 Å². The summed E-state index contributed by atoms with van der Waals surface area (Å²) in [5.41, 5.74) is 1.99.